The number of carbonyl (C=O) groups excluding carboxylic acids is 1. The second-order valence-corrected chi connectivity index (χ2v) is 6.11. The van der Waals surface area contributed by atoms with Crippen LogP contribution in [0.5, 0.6) is 0 Å². The highest BCUT2D eigenvalue weighted by Crippen LogP contribution is 2.08. The van der Waals surface area contributed by atoms with Crippen molar-refractivity contribution in [2.24, 2.45) is 11.7 Å². The zero-order valence-corrected chi connectivity index (χ0v) is 11.5. The van der Waals surface area contributed by atoms with Gasteiger partial charge in [0.2, 0.25) is 5.91 Å². The molecule has 1 atom stereocenters. The zero-order chi connectivity index (χ0) is 11.4. The molecule has 0 radical (unpaired) electrons. The lowest BCUT2D eigenvalue weighted by Gasteiger charge is -2.29. The zero-order valence-electron chi connectivity index (χ0n) is 9.85. The van der Waals surface area contributed by atoms with Crippen LogP contribution in [-0.4, -0.2) is 45.7 Å². The van der Waals surface area contributed by atoms with Gasteiger partial charge in [0.25, 0.3) is 0 Å². The molecule has 1 aliphatic heterocycles. The van der Waals surface area contributed by atoms with E-state index in [1.54, 1.807) is 4.90 Å². The van der Waals surface area contributed by atoms with Crippen LogP contribution in [-0.2, 0) is 15.6 Å². The van der Waals surface area contributed by atoms with Gasteiger partial charge < -0.3 is 10.6 Å². The SMILES string of the molecule is CC(C)C[C@H](N)C(=O)N1CCS(=O)CC1.Cl. The smallest absolute Gasteiger partial charge is 0.239 e. The summed E-state index contributed by atoms with van der Waals surface area (Å²) in [4.78, 5) is 13.6. The van der Waals surface area contributed by atoms with Crippen molar-refractivity contribution in [2.75, 3.05) is 24.6 Å². The van der Waals surface area contributed by atoms with Gasteiger partial charge in [-0.2, -0.15) is 0 Å². The van der Waals surface area contributed by atoms with Crippen LogP contribution in [0.15, 0.2) is 0 Å². The Labute approximate surface area is 106 Å². The summed E-state index contributed by atoms with van der Waals surface area (Å²) in [7, 11) is -0.736. The summed E-state index contributed by atoms with van der Waals surface area (Å²) in [5.74, 6) is 1.64. The fourth-order valence-electron chi connectivity index (χ4n) is 1.70. The molecule has 0 aliphatic carbocycles. The maximum absolute atomic E-state index is 11.8. The lowest BCUT2D eigenvalue weighted by atomic mass is 10.0. The number of halogens is 1. The molecule has 4 nitrogen and oxygen atoms in total. The van der Waals surface area contributed by atoms with E-state index in [2.05, 4.69) is 13.8 Å². The molecule has 2 N–H and O–H groups in total. The lowest BCUT2D eigenvalue weighted by Crippen LogP contribution is -2.49. The van der Waals surface area contributed by atoms with E-state index in [9.17, 15) is 9.00 Å². The second-order valence-electron chi connectivity index (χ2n) is 4.41. The second kappa shape index (κ2) is 7.25. The Morgan fingerprint density at radius 3 is 2.31 bits per heavy atom. The first-order valence-electron chi connectivity index (χ1n) is 5.40. The third-order valence-electron chi connectivity index (χ3n) is 2.53. The number of hydrogen-bond acceptors (Lipinski definition) is 3. The van der Waals surface area contributed by atoms with Gasteiger partial charge in [-0.25, -0.2) is 0 Å². The highest BCUT2D eigenvalue weighted by Gasteiger charge is 2.24. The van der Waals surface area contributed by atoms with E-state index >= 15 is 0 Å². The minimum absolute atomic E-state index is 0. The van der Waals surface area contributed by atoms with E-state index in [0.29, 0.717) is 30.5 Å². The molecule has 16 heavy (non-hydrogen) atoms. The predicted octanol–water partition coefficient (Wildman–Crippen LogP) is 0.372. The molecular weight excluding hydrogens is 248 g/mol. The Morgan fingerprint density at radius 1 is 1.38 bits per heavy atom. The topological polar surface area (TPSA) is 63.4 Å². The molecule has 0 aromatic heterocycles. The van der Waals surface area contributed by atoms with Gasteiger partial charge in [-0.15, -0.1) is 12.4 Å². The van der Waals surface area contributed by atoms with Gasteiger partial charge in [0, 0.05) is 35.4 Å². The Balaban J connectivity index is 0.00000225. The third-order valence-corrected chi connectivity index (χ3v) is 3.81. The summed E-state index contributed by atoms with van der Waals surface area (Å²) in [5, 5.41) is 0. The molecule has 0 aromatic carbocycles. The molecule has 96 valence electrons. The van der Waals surface area contributed by atoms with Gasteiger partial charge in [0.1, 0.15) is 0 Å². The first-order chi connectivity index (χ1) is 7.00. The molecule has 1 saturated heterocycles. The Kier molecular flexibility index (Phi) is 7.19. The molecule has 0 spiro atoms. The third kappa shape index (κ3) is 4.80. The van der Waals surface area contributed by atoms with E-state index in [-0.39, 0.29) is 18.3 Å². The van der Waals surface area contributed by atoms with Crippen LogP contribution in [0.1, 0.15) is 20.3 Å². The van der Waals surface area contributed by atoms with Crippen molar-refractivity contribution in [1.29, 1.82) is 0 Å². The summed E-state index contributed by atoms with van der Waals surface area (Å²) in [6, 6.07) is -0.392. The van der Waals surface area contributed by atoms with Gasteiger partial charge in [-0.3, -0.25) is 9.00 Å². The molecule has 1 rings (SSSR count). The first-order valence-corrected chi connectivity index (χ1v) is 6.89. The van der Waals surface area contributed by atoms with Crippen LogP contribution in [0.2, 0.25) is 0 Å². The van der Waals surface area contributed by atoms with Gasteiger partial charge in [0.05, 0.1) is 6.04 Å². The number of carbonyl (C=O) groups is 1. The first kappa shape index (κ1) is 15.9. The molecular formula is C10H21ClN2O2S. The summed E-state index contributed by atoms with van der Waals surface area (Å²) >= 11 is 0. The number of amides is 1. The van der Waals surface area contributed by atoms with Crippen LogP contribution in [0, 0.1) is 5.92 Å². The number of nitrogens with two attached hydrogens (primary N) is 1. The van der Waals surface area contributed by atoms with Crippen LogP contribution in [0.3, 0.4) is 0 Å². The predicted molar refractivity (Wildman–Crippen MR) is 69.1 cm³/mol. The molecule has 6 heteroatoms. The molecule has 0 saturated carbocycles. The lowest BCUT2D eigenvalue weighted by molar-refractivity contribution is -0.132. The minimum atomic E-state index is -0.736. The molecule has 0 aromatic rings. The van der Waals surface area contributed by atoms with Gasteiger partial charge in [-0.1, -0.05) is 13.8 Å². The summed E-state index contributed by atoms with van der Waals surface area (Å²) in [5.41, 5.74) is 5.82. The van der Waals surface area contributed by atoms with Crippen molar-refractivity contribution in [3.63, 3.8) is 0 Å². The van der Waals surface area contributed by atoms with Crippen LogP contribution in [0.25, 0.3) is 0 Å². The molecule has 1 amide bonds. The standard InChI is InChI=1S/C10H20N2O2S.ClH/c1-8(2)7-9(11)10(13)12-3-5-15(14)6-4-12;/h8-9H,3-7,11H2,1-2H3;1H/t9-;/m0./s1. The monoisotopic (exact) mass is 268 g/mol. The summed E-state index contributed by atoms with van der Waals surface area (Å²) in [6.07, 6.45) is 0.721. The average Bonchev–Trinajstić information content (AvgIpc) is 2.17. The van der Waals surface area contributed by atoms with Crippen molar-refractivity contribution in [2.45, 2.75) is 26.3 Å². The quantitative estimate of drug-likeness (QED) is 0.805. The van der Waals surface area contributed by atoms with Crippen molar-refractivity contribution in [3.8, 4) is 0 Å². The Hall–Kier alpha value is -0.130. The largest absolute Gasteiger partial charge is 0.340 e. The Morgan fingerprint density at radius 2 is 1.88 bits per heavy atom. The van der Waals surface area contributed by atoms with Crippen molar-refractivity contribution >= 4 is 29.1 Å². The maximum atomic E-state index is 11.8. The van der Waals surface area contributed by atoms with Gasteiger partial charge >= 0.3 is 0 Å². The highest BCUT2D eigenvalue weighted by atomic mass is 35.5. The maximum Gasteiger partial charge on any atom is 0.239 e. The van der Waals surface area contributed by atoms with Crippen LogP contribution in [0.4, 0.5) is 0 Å². The van der Waals surface area contributed by atoms with Gasteiger partial charge in [0.15, 0.2) is 0 Å². The average molecular weight is 269 g/mol. The fraction of sp³-hybridized carbons (Fsp3) is 0.900. The molecule has 1 heterocycles. The summed E-state index contributed by atoms with van der Waals surface area (Å²) < 4.78 is 11.1. The number of nitrogens with zero attached hydrogens (tertiary/aromatic N) is 1. The molecule has 0 unspecified atom stereocenters. The Bertz CT molecular complexity index is 251. The summed E-state index contributed by atoms with van der Waals surface area (Å²) in [6.45, 7) is 5.30. The van der Waals surface area contributed by atoms with Gasteiger partial charge in [-0.05, 0) is 12.3 Å². The van der Waals surface area contributed by atoms with Crippen LogP contribution >= 0.6 is 12.4 Å². The molecule has 1 aliphatic rings. The normalized spacial score (nSPS) is 19.4. The van der Waals surface area contributed by atoms with Crippen molar-refractivity contribution < 1.29 is 9.00 Å². The number of rotatable bonds is 3. The highest BCUT2D eigenvalue weighted by molar-refractivity contribution is 7.85. The van der Waals surface area contributed by atoms with Crippen molar-refractivity contribution in [3.05, 3.63) is 0 Å². The van der Waals surface area contributed by atoms with E-state index in [0.717, 1.165) is 6.42 Å². The molecule has 1 fully saturated rings. The van der Waals surface area contributed by atoms with Crippen molar-refractivity contribution in [1.82, 2.24) is 4.90 Å². The van der Waals surface area contributed by atoms with E-state index in [1.807, 2.05) is 0 Å². The fourth-order valence-corrected chi connectivity index (χ4v) is 2.75. The number of hydrogen-bond donors (Lipinski definition) is 1. The van der Waals surface area contributed by atoms with Crippen LogP contribution < -0.4 is 5.73 Å². The van der Waals surface area contributed by atoms with E-state index in [4.69, 9.17) is 5.73 Å². The van der Waals surface area contributed by atoms with E-state index < -0.39 is 16.8 Å². The minimum Gasteiger partial charge on any atom is -0.340 e. The molecule has 0 bridgehead atoms. The van der Waals surface area contributed by atoms with E-state index in [1.165, 1.54) is 0 Å².